The van der Waals surface area contributed by atoms with Crippen LogP contribution >= 0.6 is 24.0 Å². The van der Waals surface area contributed by atoms with Crippen LogP contribution in [0.25, 0.3) is 0 Å². The highest BCUT2D eigenvalue weighted by Crippen LogP contribution is 2.24. The van der Waals surface area contributed by atoms with Crippen LogP contribution < -0.4 is 5.32 Å². The number of aryl methyl sites for hydroxylation is 1. The molecule has 0 spiro atoms. The molecule has 2 fully saturated rings. The summed E-state index contributed by atoms with van der Waals surface area (Å²) in [5.41, 5.74) is 1.24. The Morgan fingerprint density at radius 3 is 2.88 bits per heavy atom. The van der Waals surface area contributed by atoms with Crippen LogP contribution in [0, 0.1) is 0 Å². The van der Waals surface area contributed by atoms with Gasteiger partial charge in [0.25, 0.3) is 0 Å². The highest BCUT2D eigenvalue weighted by Gasteiger charge is 2.33. The van der Waals surface area contributed by atoms with Crippen molar-refractivity contribution in [2.45, 2.75) is 69.9 Å². The summed E-state index contributed by atoms with van der Waals surface area (Å²) in [4.78, 5) is 19.0. The molecule has 1 aromatic rings. The molecular formula is C20H29N3OS2. The fraction of sp³-hybridized carbons (Fsp3) is 0.650. The molecule has 0 aromatic carbocycles. The Kier molecular flexibility index (Phi) is 7.74. The van der Waals surface area contributed by atoms with Crippen LogP contribution in [0.4, 0.5) is 0 Å². The van der Waals surface area contributed by atoms with Gasteiger partial charge in [-0.3, -0.25) is 9.78 Å². The Balaban J connectivity index is 1.41. The molecule has 1 aliphatic carbocycles. The monoisotopic (exact) mass is 391 g/mol. The summed E-state index contributed by atoms with van der Waals surface area (Å²) < 4.78 is 0. The number of pyridine rings is 1. The Morgan fingerprint density at radius 2 is 2.12 bits per heavy atom. The van der Waals surface area contributed by atoms with E-state index in [-0.39, 0.29) is 11.2 Å². The van der Waals surface area contributed by atoms with Crippen LogP contribution in [-0.4, -0.2) is 44.5 Å². The fourth-order valence-corrected chi connectivity index (χ4v) is 5.16. The van der Waals surface area contributed by atoms with E-state index in [0.29, 0.717) is 6.04 Å². The number of rotatable bonds is 6. The Bertz CT molecular complexity index is 590. The first-order valence-corrected chi connectivity index (χ1v) is 11.3. The SMILES string of the molecule is O=C(SCCCc1cccnc1)C1CCCN1C(=S)NC1CCCCC1. The van der Waals surface area contributed by atoms with Crippen LogP contribution in [0.3, 0.4) is 0 Å². The molecule has 4 nitrogen and oxygen atoms in total. The minimum Gasteiger partial charge on any atom is -0.360 e. The van der Waals surface area contributed by atoms with E-state index in [9.17, 15) is 4.79 Å². The topological polar surface area (TPSA) is 45.2 Å². The highest BCUT2D eigenvalue weighted by atomic mass is 32.2. The number of nitrogens with zero attached hydrogens (tertiary/aromatic N) is 2. The second-order valence-electron chi connectivity index (χ2n) is 7.27. The Labute approximate surface area is 166 Å². The van der Waals surface area contributed by atoms with Crippen molar-refractivity contribution in [3.63, 3.8) is 0 Å². The average Bonchev–Trinajstić information content (AvgIpc) is 3.17. The number of hydrogen-bond acceptors (Lipinski definition) is 4. The van der Waals surface area contributed by atoms with E-state index in [1.54, 1.807) is 6.20 Å². The maximum atomic E-state index is 12.7. The van der Waals surface area contributed by atoms with E-state index < -0.39 is 0 Å². The van der Waals surface area contributed by atoms with E-state index in [2.05, 4.69) is 21.3 Å². The van der Waals surface area contributed by atoms with Gasteiger partial charge in [-0.05, 0) is 62.4 Å². The van der Waals surface area contributed by atoms with E-state index in [4.69, 9.17) is 12.2 Å². The van der Waals surface area contributed by atoms with Crippen LogP contribution in [0.2, 0.25) is 0 Å². The van der Waals surface area contributed by atoms with Crippen molar-refractivity contribution in [1.82, 2.24) is 15.2 Å². The predicted octanol–water partition coefficient (Wildman–Crippen LogP) is 3.95. The van der Waals surface area contributed by atoms with Gasteiger partial charge < -0.3 is 10.2 Å². The van der Waals surface area contributed by atoms with Crippen LogP contribution in [0.1, 0.15) is 56.9 Å². The largest absolute Gasteiger partial charge is 0.360 e. The number of carbonyl (C=O) groups excluding carboxylic acids is 1. The predicted molar refractivity (Wildman–Crippen MR) is 112 cm³/mol. The summed E-state index contributed by atoms with van der Waals surface area (Å²) in [5, 5.41) is 4.60. The molecule has 142 valence electrons. The van der Waals surface area contributed by atoms with Gasteiger partial charge in [-0.25, -0.2) is 0 Å². The van der Waals surface area contributed by atoms with Crippen LogP contribution in [0.15, 0.2) is 24.5 Å². The third kappa shape index (κ3) is 5.68. The molecular weight excluding hydrogens is 362 g/mol. The summed E-state index contributed by atoms with van der Waals surface area (Å²) in [6.07, 6.45) is 14.0. The van der Waals surface area contributed by atoms with E-state index in [0.717, 1.165) is 43.1 Å². The summed E-state index contributed by atoms with van der Waals surface area (Å²) in [5.74, 6) is 0.862. The van der Waals surface area contributed by atoms with Crippen LogP contribution in [0.5, 0.6) is 0 Å². The van der Waals surface area contributed by atoms with E-state index in [1.165, 1.54) is 49.4 Å². The third-order valence-corrected chi connectivity index (χ3v) is 6.70. The van der Waals surface area contributed by atoms with Crippen molar-refractivity contribution < 1.29 is 4.79 Å². The van der Waals surface area contributed by atoms with Crippen molar-refractivity contribution in [2.24, 2.45) is 0 Å². The van der Waals surface area contributed by atoms with Crippen molar-refractivity contribution in [3.05, 3.63) is 30.1 Å². The first-order valence-electron chi connectivity index (χ1n) is 9.87. The molecule has 2 aliphatic rings. The summed E-state index contributed by atoms with van der Waals surface area (Å²) in [6, 6.07) is 4.51. The van der Waals surface area contributed by atoms with E-state index in [1.807, 2.05) is 12.3 Å². The lowest BCUT2D eigenvalue weighted by Crippen LogP contribution is -2.48. The zero-order valence-electron chi connectivity index (χ0n) is 15.4. The minimum atomic E-state index is -0.0398. The molecule has 1 saturated carbocycles. The van der Waals surface area contributed by atoms with Gasteiger partial charge in [0.2, 0.25) is 5.12 Å². The quantitative estimate of drug-likeness (QED) is 0.585. The van der Waals surface area contributed by atoms with Gasteiger partial charge >= 0.3 is 0 Å². The number of carbonyl (C=O) groups is 1. The fourth-order valence-electron chi connectivity index (χ4n) is 3.85. The van der Waals surface area contributed by atoms with Crippen molar-refractivity contribution in [2.75, 3.05) is 12.3 Å². The van der Waals surface area contributed by atoms with Crippen molar-refractivity contribution >= 4 is 34.2 Å². The molecule has 1 unspecified atom stereocenters. The molecule has 2 heterocycles. The molecule has 0 amide bonds. The second kappa shape index (κ2) is 10.3. The normalized spacial score (nSPS) is 20.9. The highest BCUT2D eigenvalue weighted by molar-refractivity contribution is 8.13. The number of nitrogens with one attached hydrogen (secondary N) is 1. The molecule has 3 rings (SSSR count). The zero-order chi connectivity index (χ0) is 18.2. The maximum Gasteiger partial charge on any atom is 0.211 e. The molecule has 6 heteroatoms. The molecule has 1 atom stereocenters. The molecule has 1 aromatic heterocycles. The molecule has 1 N–H and O–H groups in total. The Hall–Kier alpha value is -1.14. The molecule has 0 radical (unpaired) electrons. The second-order valence-corrected chi connectivity index (χ2v) is 8.75. The number of likely N-dealkylation sites (tertiary alicyclic amines) is 1. The molecule has 26 heavy (non-hydrogen) atoms. The smallest absolute Gasteiger partial charge is 0.211 e. The van der Waals surface area contributed by atoms with Gasteiger partial charge in [0.05, 0.1) is 0 Å². The van der Waals surface area contributed by atoms with Gasteiger partial charge in [0.15, 0.2) is 5.11 Å². The van der Waals surface area contributed by atoms with Gasteiger partial charge in [-0.2, -0.15) is 0 Å². The number of aromatic nitrogens is 1. The summed E-state index contributed by atoms with van der Waals surface area (Å²) in [7, 11) is 0. The molecule has 1 aliphatic heterocycles. The number of thioether (sulfide) groups is 1. The van der Waals surface area contributed by atoms with Gasteiger partial charge in [0.1, 0.15) is 6.04 Å². The van der Waals surface area contributed by atoms with Crippen LogP contribution in [-0.2, 0) is 11.2 Å². The average molecular weight is 392 g/mol. The molecule has 1 saturated heterocycles. The molecule has 0 bridgehead atoms. The third-order valence-electron chi connectivity index (χ3n) is 5.30. The minimum absolute atomic E-state index is 0.0398. The first-order chi connectivity index (χ1) is 12.7. The Morgan fingerprint density at radius 1 is 1.27 bits per heavy atom. The summed E-state index contributed by atoms with van der Waals surface area (Å²) in [6.45, 7) is 0.908. The van der Waals surface area contributed by atoms with Gasteiger partial charge in [-0.1, -0.05) is 37.1 Å². The number of hydrogen-bond donors (Lipinski definition) is 1. The lowest BCUT2D eigenvalue weighted by molar-refractivity contribution is -0.113. The lowest BCUT2D eigenvalue weighted by atomic mass is 9.96. The van der Waals surface area contributed by atoms with Crippen molar-refractivity contribution in [1.29, 1.82) is 0 Å². The van der Waals surface area contributed by atoms with Crippen molar-refractivity contribution in [3.8, 4) is 0 Å². The summed E-state index contributed by atoms with van der Waals surface area (Å²) >= 11 is 7.11. The lowest BCUT2D eigenvalue weighted by Gasteiger charge is -2.31. The zero-order valence-corrected chi connectivity index (χ0v) is 17.0. The van der Waals surface area contributed by atoms with E-state index >= 15 is 0 Å². The maximum absolute atomic E-state index is 12.7. The number of thiocarbonyl (C=S) groups is 1. The first kappa shape index (κ1) is 19.6. The van der Waals surface area contributed by atoms with Gasteiger partial charge in [-0.15, -0.1) is 0 Å². The standard InChI is InChI=1S/C20H29N3OS2/c24-19(26-14-6-8-16-7-4-12-21-15-16)18-11-5-13-23(18)20(25)22-17-9-2-1-3-10-17/h4,7,12,15,17-18H,1-3,5-6,8-11,13-14H2,(H,22,25). The van der Waals surface area contributed by atoms with Gasteiger partial charge in [0, 0.05) is 30.7 Å².